The van der Waals surface area contributed by atoms with Crippen molar-refractivity contribution in [3.8, 4) is 17.2 Å². The zero-order valence-electron chi connectivity index (χ0n) is 25.7. The van der Waals surface area contributed by atoms with E-state index in [0.717, 1.165) is 0 Å². The van der Waals surface area contributed by atoms with Gasteiger partial charge in [0.05, 0.1) is 0 Å². The fourth-order valence-electron chi connectivity index (χ4n) is 3.85. The van der Waals surface area contributed by atoms with E-state index in [-0.39, 0.29) is 33.0 Å². The van der Waals surface area contributed by atoms with Crippen LogP contribution in [0.2, 0.25) is 0 Å². The second-order valence-electron chi connectivity index (χ2n) is 9.71. The summed E-state index contributed by atoms with van der Waals surface area (Å²) in [4.78, 5) is 35.4. The summed E-state index contributed by atoms with van der Waals surface area (Å²) >= 11 is 0. The van der Waals surface area contributed by atoms with E-state index in [1.165, 1.54) is 36.4 Å². The Morgan fingerprint density at radius 3 is 0.653 bits per heavy atom. The summed E-state index contributed by atoms with van der Waals surface area (Å²) in [5.74, 6) is 0.971. The predicted molar refractivity (Wildman–Crippen MR) is 182 cm³/mol. The van der Waals surface area contributed by atoms with E-state index in [2.05, 4.69) is 0 Å². The summed E-state index contributed by atoms with van der Waals surface area (Å²) in [6, 6.07) is 49.7. The van der Waals surface area contributed by atoms with Gasteiger partial charge in [0.1, 0.15) is 17.2 Å². The molecule has 0 saturated heterocycles. The molecule has 3 unspecified atom stereocenters. The third kappa shape index (κ3) is 13.0. The summed E-state index contributed by atoms with van der Waals surface area (Å²) in [6.45, 7) is 0. The summed E-state index contributed by atoms with van der Waals surface area (Å²) in [5, 5.41) is 0.538. The van der Waals surface area contributed by atoms with Crippen molar-refractivity contribution in [2.45, 2.75) is 0 Å². The molecule has 3 atom stereocenters. The Bertz CT molecular complexity index is 1730. The van der Waals surface area contributed by atoms with Gasteiger partial charge in [0, 0.05) is 15.9 Å². The van der Waals surface area contributed by atoms with Gasteiger partial charge in [0.25, 0.3) is 0 Å². The maximum Gasteiger partial charge on any atom is 3.00 e. The van der Waals surface area contributed by atoms with Crippen LogP contribution in [0.25, 0.3) is 0 Å². The number of hydrogen-bond acceptors (Lipinski definition) is 9. The molecule has 6 aromatic rings. The third-order valence-electron chi connectivity index (χ3n) is 6.12. The van der Waals surface area contributed by atoms with E-state index >= 15 is 0 Å². The van der Waals surface area contributed by atoms with Crippen LogP contribution in [0.15, 0.2) is 182 Å². The van der Waals surface area contributed by atoms with Gasteiger partial charge >= 0.3 is 17.1 Å². The van der Waals surface area contributed by atoms with E-state index in [9.17, 15) is 28.4 Å². The van der Waals surface area contributed by atoms with Crippen LogP contribution < -0.4 is 44.2 Å². The minimum atomic E-state index is -4.02. The molecule has 0 spiro atoms. The molecule has 0 aliphatic rings. The van der Waals surface area contributed by atoms with Crippen LogP contribution in [0.3, 0.4) is 0 Å². The molecule has 0 amide bonds. The molecule has 6 rings (SSSR count). The van der Waals surface area contributed by atoms with Crippen molar-refractivity contribution in [2.75, 3.05) is 0 Å². The van der Waals surface area contributed by atoms with Crippen LogP contribution in [0.4, 0.5) is 0 Å². The van der Waals surface area contributed by atoms with Gasteiger partial charge in [0.15, 0.2) is 0 Å². The van der Waals surface area contributed by atoms with Crippen molar-refractivity contribution in [2.24, 2.45) is 0 Å². The van der Waals surface area contributed by atoms with Crippen molar-refractivity contribution < 1.29 is 59.0 Å². The Morgan fingerprint density at radius 2 is 0.469 bits per heavy atom. The molecule has 0 heterocycles. The van der Waals surface area contributed by atoms with Gasteiger partial charge in [-0.1, -0.05) is 109 Å². The topological polar surface area (TPSA) is 148 Å². The smallest absolute Gasteiger partial charge is 0.765 e. The molecule has 0 aliphatic carbocycles. The number of para-hydroxylation sites is 3. The second kappa shape index (κ2) is 19.1. The molecule has 0 saturated carbocycles. The molecule has 0 aromatic heterocycles. The molecular weight excluding hydrogens is 725 g/mol. The first-order valence-electron chi connectivity index (χ1n) is 14.4. The fourth-order valence-corrected chi connectivity index (χ4v) is 6.98. The molecule has 0 N–H and O–H groups in total. The van der Waals surface area contributed by atoms with Gasteiger partial charge < -0.3 is 28.3 Å². The Balaban J connectivity index is 0.000000197. The molecule has 6 aromatic carbocycles. The molecule has 0 fully saturated rings. The van der Waals surface area contributed by atoms with E-state index in [1.54, 1.807) is 146 Å². The van der Waals surface area contributed by atoms with E-state index in [0.29, 0.717) is 17.2 Å². The van der Waals surface area contributed by atoms with Crippen LogP contribution in [-0.4, -0.2) is 0 Å². The standard InChI is InChI=1S/3C12H11O3P.Fe/c3*13-16(14,12-9-5-2-6-10-12)15-11-7-3-1-4-8-11;/h3*1-10H,(H,13,14);/q;;;+3/p-3. The van der Waals surface area contributed by atoms with E-state index < -0.39 is 22.8 Å². The second-order valence-corrected chi connectivity index (χ2v) is 14.8. The maximum atomic E-state index is 11.8. The largest absolute Gasteiger partial charge is 3.00 e. The molecule has 0 aliphatic heterocycles. The van der Waals surface area contributed by atoms with Gasteiger partial charge in [-0.3, -0.25) is 13.7 Å². The number of hydrogen-bond donors (Lipinski definition) is 0. The Morgan fingerprint density at radius 1 is 0.306 bits per heavy atom. The quantitative estimate of drug-likeness (QED) is 0.131. The van der Waals surface area contributed by atoms with Crippen molar-refractivity contribution in [1.29, 1.82) is 0 Å². The van der Waals surface area contributed by atoms with Gasteiger partial charge in [-0.15, -0.1) is 0 Å². The average Bonchev–Trinajstić information content (AvgIpc) is 3.11. The predicted octanol–water partition coefficient (Wildman–Crippen LogP) is 5.83. The number of benzene rings is 6. The first-order chi connectivity index (χ1) is 23.1. The van der Waals surface area contributed by atoms with Gasteiger partial charge in [0.2, 0.25) is 22.8 Å². The van der Waals surface area contributed by atoms with Gasteiger partial charge in [-0.2, -0.15) is 0 Å². The van der Waals surface area contributed by atoms with Crippen LogP contribution in [0.5, 0.6) is 17.2 Å². The van der Waals surface area contributed by atoms with Crippen molar-refractivity contribution in [3.05, 3.63) is 182 Å². The molecule has 13 heteroatoms. The summed E-state index contributed by atoms with van der Waals surface area (Å²) in [6.07, 6.45) is 0. The number of rotatable bonds is 9. The summed E-state index contributed by atoms with van der Waals surface area (Å²) < 4.78 is 50.4. The Hall–Kier alpha value is -4.19. The van der Waals surface area contributed by atoms with Crippen molar-refractivity contribution >= 4 is 38.7 Å². The minimum absolute atomic E-state index is 0. The monoisotopic (exact) mass is 755 g/mol. The maximum absolute atomic E-state index is 11.8. The van der Waals surface area contributed by atoms with Crippen LogP contribution in [0.1, 0.15) is 0 Å². The van der Waals surface area contributed by atoms with E-state index in [4.69, 9.17) is 13.6 Å². The van der Waals surface area contributed by atoms with Crippen LogP contribution in [0, 0.1) is 0 Å². The van der Waals surface area contributed by atoms with Gasteiger partial charge in [-0.25, -0.2) is 0 Å². The van der Waals surface area contributed by atoms with E-state index in [1.807, 2.05) is 0 Å². The van der Waals surface area contributed by atoms with Crippen LogP contribution >= 0.6 is 22.8 Å². The zero-order valence-corrected chi connectivity index (χ0v) is 29.5. The molecule has 49 heavy (non-hydrogen) atoms. The minimum Gasteiger partial charge on any atom is -0.765 e. The van der Waals surface area contributed by atoms with Gasteiger partial charge in [-0.05, 0) is 72.8 Å². The van der Waals surface area contributed by atoms with Crippen molar-refractivity contribution in [1.82, 2.24) is 0 Å². The molecule has 9 nitrogen and oxygen atoms in total. The zero-order chi connectivity index (χ0) is 34.3. The summed E-state index contributed by atoms with van der Waals surface area (Å²) in [5.41, 5.74) is 0. The normalized spacial score (nSPS) is 13.8. The molecule has 1 radical (unpaired) electrons. The average molecular weight is 755 g/mol. The Labute approximate surface area is 295 Å². The molecule has 0 bridgehead atoms. The summed E-state index contributed by atoms with van der Waals surface area (Å²) in [7, 11) is -12.1. The Kier molecular flexibility index (Phi) is 15.3. The van der Waals surface area contributed by atoms with Crippen molar-refractivity contribution in [3.63, 3.8) is 0 Å². The first-order valence-corrected chi connectivity index (χ1v) is 19.0. The fraction of sp³-hybridized carbons (Fsp3) is 0. The molecular formula is C36H30FeO9P3. The first kappa shape index (κ1) is 39.2. The molecule has 251 valence electrons. The third-order valence-corrected chi connectivity index (χ3v) is 10.3. The SMILES string of the molecule is O=P([O-])(Oc1ccccc1)c1ccccc1.O=P([O-])(Oc1ccccc1)c1ccccc1.O=P([O-])(Oc1ccccc1)c1ccccc1.[Fe+3]. The van der Waals surface area contributed by atoms with Crippen LogP contribution in [-0.2, 0) is 30.8 Å².